The number of nitrogens with zero attached hydrogens (tertiary/aromatic N) is 4. The second kappa shape index (κ2) is 14.3. The fraction of sp³-hybridized carbons (Fsp3) is 0.364. The molecule has 5 rings (SSSR count). The lowest BCUT2D eigenvalue weighted by molar-refractivity contribution is 0.0486. The molecule has 1 aromatic carbocycles. The normalized spacial score (nSPS) is 15.3. The molecule has 1 atom stereocenters. The maximum Gasteiger partial charge on any atom is 0.351 e. The molecule has 0 radical (unpaired) electrons. The summed E-state index contributed by atoms with van der Waals surface area (Å²) in [4.78, 5) is 23.3. The molecule has 1 unspecified atom stereocenters. The lowest BCUT2D eigenvalue weighted by Crippen LogP contribution is -2.35. The minimum Gasteiger partial charge on any atom is -0.478 e. The molecule has 0 saturated carbocycles. The molecule has 8 nitrogen and oxygen atoms in total. The highest BCUT2D eigenvalue weighted by molar-refractivity contribution is 5.68. The Bertz CT molecular complexity index is 1530. The van der Waals surface area contributed by atoms with Gasteiger partial charge in [-0.05, 0) is 62.7 Å². The van der Waals surface area contributed by atoms with Gasteiger partial charge in [0.05, 0.1) is 12.2 Å². The van der Waals surface area contributed by atoms with E-state index in [1.54, 1.807) is 22.9 Å². The topological polar surface area (TPSA) is 78.7 Å². The van der Waals surface area contributed by atoms with Crippen molar-refractivity contribution >= 4 is 0 Å². The van der Waals surface area contributed by atoms with Crippen LogP contribution in [0.2, 0.25) is 0 Å². The lowest BCUT2D eigenvalue weighted by atomic mass is 9.95. The number of benzene rings is 1. The van der Waals surface area contributed by atoms with Gasteiger partial charge in [0, 0.05) is 36.5 Å². The third-order valence-electron chi connectivity index (χ3n) is 6.61. The average Bonchev–Trinajstić information content (AvgIpc) is 3.00. The van der Waals surface area contributed by atoms with Crippen molar-refractivity contribution in [3.63, 3.8) is 0 Å². The van der Waals surface area contributed by atoms with Gasteiger partial charge in [-0.25, -0.2) is 9.78 Å². The molecule has 2 aromatic heterocycles. The number of allylic oxidation sites excluding steroid dienone is 2. The van der Waals surface area contributed by atoms with E-state index < -0.39 is 0 Å². The van der Waals surface area contributed by atoms with Crippen LogP contribution in [0.4, 0.5) is 0 Å². The first kappa shape index (κ1) is 29.6. The zero-order chi connectivity index (χ0) is 29.2. The van der Waals surface area contributed by atoms with Crippen LogP contribution in [-0.4, -0.2) is 58.9 Å². The standard InChI is InChI=1S/C31H32N4O4.C2H6/c1-4-8-22(5-2)19-34(3)15-7-9-23-11-12-26-24(17-23)13-16-35-27(26)18-29(33-31(35)36)37-20-25-21-38-30-28(39-25)10-6-14-32-30;1-2/h4-6,8,10-12,14,17-18,25H,13,15-16,19-21H2,1-3H3;1-2H3/b8-4-,22-5+;. The third-order valence-corrected chi connectivity index (χ3v) is 6.61. The summed E-state index contributed by atoms with van der Waals surface area (Å²) in [5, 5.41) is 0. The fourth-order valence-corrected chi connectivity index (χ4v) is 4.68. The van der Waals surface area contributed by atoms with E-state index in [2.05, 4.69) is 65.0 Å². The van der Waals surface area contributed by atoms with E-state index in [0.29, 0.717) is 31.3 Å². The second-order valence-corrected chi connectivity index (χ2v) is 9.54. The highest BCUT2D eigenvalue weighted by Gasteiger charge is 2.24. The van der Waals surface area contributed by atoms with Gasteiger partial charge < -0.3 is 14.2 Å². The molecule has 0 bridgehead atoms. The Morgan fingerprint density at radius 3 is 2.90 bits per heavy atom. The van der Waals surface area contributed by atoms with Crippen molar-refractivity contribution in [1.82, 2.24) is 19.4 Å². The average molecular weight is 555 g/mol. The van der Waals surface area contributed by atoms with E-state index in [-0.39, 0.29) is 24.3 Å². The number of ether oxygens (including phenoxy) is 3. The number of likely N-dealkylation sites (N-methyl/N-ethyl adjacent to an activating group) is 1. The largest absolute Gasteiger partial charge is 0.478 e. The number of aryl methyl sites for hydroxylation is 1. The van der Waals surface area contributed by atoms with Gasteiger partial charge in [-0.3, -0.25) is 9.47 Å². The molecule has 0 amide bonds. The van der Waals surface area contributed by atoms with Crippen molar-refractivity contribution in [2.45, 2.75) is 46.8 Å². The van der Waals surface area contributed by atoms with Gasteiger partial charge in [0.25, 0.3) is 5.88 Å². The van der Waals surface area contributed by atoms with Crippen molar-refractivity contribution in [3.05, 3.63) is 88.0 Å². The summed E-state index contributed by atoms with van der Waals surface area (Å²) in [6, 6.07) is 11.6. The van der Waals surface area contributed by atoms with E-state index >= 15 is 0 Å². The first-order chi connectivity index (χ1) is 20.0. The van der Waals surface area contributed by atoms with E-state index in [4.69, 9.17) is 14.2 Å². The molecular weight excluding hydrogens is 516 g/mol. The molecule has 0 saturated heterocycles. The van der Waals surface area contributed by atoms with Crippen molar-refractivity contribution in [2.75, 3.05) is 33.4 Å². The summed E-state index contributed by atoms with van der Waals surface area (Å²) < 4.78 is 19.1. The summed E-state index contributed by atoms with van der Waals surface area (Å²) in [7, 11) is 2.07. The Morgan fingerprint density at radius 1 is 1.24 bits per heavy atom. The molecule has 0 spiro atoms. The maximum atomic E-state index is 12.8. The zero-order valence-electron chi connectivity index (χ0n) is 24.5. The number of rotatable bonds is 7. The van der Waals surface area contributed by atoms with Crippen LogP contribution in [0, 0.1) is 11.8 Å². The van der Waals surface area contributed by atoms with Gasteiger partial charge >= 0.3 is 5.69 Å². The monoisotopic (exact) mass is 554 g/mol. The maximum absolute atomic E-state index is 12.8. The van der Waals surface area contributed by atoms with Gasteiger partial charge in [0.15, 0.2) is 11.9 Å². The van der Waals surface area contributed by atoms with Gasteiger partial charge in [-0.15, -0.1) is 0 Å². The molecule has 2 aliphatic heterocycles. The number of aromatic nitrogens is 3. The Balaban J connectivity index is 0.00000189. The van der Waals surface area contributed by atoms with Crippen LogP contribution in [-0.2, 0) is 13.0 Å². The van der Waals surface area contributed by atoms with Crippen LogP contribution >= 0.6 is 0 Å². The van der Waals surface area contributed by atoms with Crippen LogP contribution in [0.3, 0.4) is 0 Å². The summed E-state index contributed by atoms with van der Waals surface area (Å²) in [6.07, 6.45) is 8.37. The molecule has 3 aromatic rings. The van der Waals surface area contributed by atoms with Gasteiger partial charge in [-0.2, -0.15) is 4.98 Å². The van der Waals surface area contributed by atoms with E-state index in [9.17, 15) is 4.79 Å². The minimum absolute atomic E-state index is 0.199. The Kier molecular flexibility index (Phi) is 10.4. The number of fused-ring (bicyclic) bond motifs is 4. The molecule has 41 heavy (non-hydrogen) atoms. The second-order valence-electron chi connectivity index (χ2n) is 9.54. The van der Waals surface area contributed by atoms with Crippen molar-refractivity contribution in [2.24, 2.45) is 0 Å². The molecule has 4 heterocycles. The molecule has 0 aliphatic carbocycles. The summed E-state index contributed by atoms with van der Waals surface area (Å²) in [6.45, 7) is 10.7. The van der Waals surface area contributed by atoms with Crippen LogP contribution in [0.5, 0.6) is 17.5 Å². The summed E-state index contributed by atoms with van der Waals surface area (Å²) in [5.41, 5.74) is 4.85. The SMILES string of the molecule is C/C=C\C(=C/C)CN(C)CC#Cc1ccc2c(c1)CCn1c-2cc(OCC2COc3ncccc3O2)nc1=O.CC. The first-order valence-electron chi connectivity index (χ1n) is 14.1. The highest BCUT2D eigenvalue weighted by Crippen LogP contribution is 2.31. The van der Waals surface area contributed by atoms with E-state index in [1.165, 1.54) is 5.57 Å². The highest BCUT2D eigenvalue weighted by atomic mass is 16.6. The predicted octanol–water partition coefficient (Wildman–Crippen LogP) is 4.91. The first-order valence-corrected chi connectivity index (χ1v) is 14.1. The van der Waals surface area contributed by atoms with Gasteiger partial charge in [0.1, 0.15) is 13.2 Å². The Morgan fingerprint density at radius 2 is 2.10 bits per heavy atom. The molecule has 8 heteroatoms. The number of pyridine rings is 1. The van der Waals surface area contributed by atoms with Gasteiger partial charge in [-0.1, -0.05) is 50.0 Å². The van der Waals surface area contributed by atoms with Crippen LogP contribution in [0.25, 0.3) is 11.3 Å². The number of hydrogen-bond acceptors (Lipinski definition) is 7. The molecule has 0 N–H and O–H groups in total. The van der Waals surface area contributed by atoms with Gasteiger partial charge in [0.2, 0.25) is 5.88 Å². The molecule has 214 valence electrons. The summed E-state index contributed by atoms with van der Waals surface area (Å²) in [5.74, 6) is 7.89. The Hall–Kier alpha value is -4.35. The predicted molar refractivity (Wildman–Crippen MR) is 162 cm³/mol. The molecule has 2 aliphatic rings. The smallest absolute Gasteiger partial charge is 0.351 e. The number of hydrogen-bond donors (Lipinski definition) is 0. The van der Waals surface area contributed by atoms with E-state index in [0.717, 1.165) is 35.3 Å². The lowest BCUT2D eigenvalue weighted by Gasteiger charge is -2.25. The summed E-state index contributed by atoms with van der Waals surface area (Å²) >= 11 is 0. The van der Waals surface area contributed by atoms with E-state index in [1.807, 2.05) is 39.0 Å². The van der Waals surface area contributed by atoms with Crippen LogP contribution in [0.15, 0.2) is 71.2 Å². The molecular formula is C33H38N4O4. The quantitative estimate of drug-likeness (QED) is 0.303. The van der Waals surface area contributed by atoms with Crippen molar-refractivity contribution < 1.29 is 14.2 Å². The fourth-order valence-electron chi connectivity index (χ4n) is 4.68. The van der Waals surface area contributed by atoms with Crippen molar-refractivity contribution in [1.29, 1.82) is 0 Å². The van der Waals surface area contributed by atoms with Crippen molar-refractivity contribution in [3.8, 4) is 40.6 Å². The minimum atomic E-state index is -0.331. The van der Waals surface area contributed by atoms with Crippen LogP contribution < -0.4 is 19.9 Å². The van der Waals surface area contributed by atoms with Crippen LogP contribution in [0.1, 0.15) is 38.8 Å². The molecule has 0 fully saturated rings. The zero-order valence-corrected chi connectivity index (χ0v) is 24.5. The third kappa shape index (κ3) is 7.44. The Labute approximate surface area is 242 Å².